The summed E-state index contributed by atoms with van der Waals surface area (Å²) in [4.78, 5) is 11.6. The zero-order valence-electron chi connectivity index (χ0n) is 9.58. The lowest BCUT2D eigenvalue weighted by Gasteiger charge is -1.99. The number of hydrogen-bond donors (Lipinski definition) is 2. The number of amides is 1. The number of carbonyl (C=O) groups excluding carboxylic acids is 1. The van der Waals surface area contributed by atoms with E-state index in [4.69, 9.17) is 0 Å². The van der Waals surface area contributed by atoms with Crippen LogP contribution in [0.1, 0.15) is 15.9 Å². The van der Waals surface area contributed by atoms with E-state index in [1.807, 2.05) is 6.07 Å². The zero-order valence-corrected chi connectivity index (χ0v) is 9.58. The van der Waals surface area contributed by atoms with Crippen molar-refractivity contribution in [2.45, 2.75) is 0 Å². The first kappa shape index (κ1) is 11.9. The lowest BCUT2D eigenvalue weighted by atomic mass is 10.2. The number of benzene rings is 2. The summed E-state index contributed by atoms with van der Waals surface area (Å²) in [6.45, 7) is 0. The molecule has 0 atom stereocenters. The lowest BCUT2D eigenvalue weighted by Crippen LogP contribution is -2.17. The van der Waals surface area contributed by atoms with Gasteiger partial charge in [-0.2, -0.15) is 5.10 Å². The van der Waals surface area contributed by atoms with Crippen LogP contribution < -0.4 is 5.43 Å². The highest BCUT2D eigenvalue weighted by Gasteiger charge is 2.01. The van der Waals surface area contributed by atoms with E-state index in [-0.39, 0.29) is 11.7 Å². The fourth-order valence-corrected chi connectivity index (χ4v) is 1.41. The van der Waals surface area contributed by atoms with Crippen molar-refractivity contribution in [3.63, 3.8) is 0 Å². The Hall–Kier alpha value is -2.62. The molecule has 0 fully saturated rings. The van der Waals surface area contributed by atoms with Crippen molar-refractivity contribution in [3.8, 4) is 5.75 Å². The molecule has 2 N–H and O–H groups in total. The van der Waals surface area contributed by atoms with Gasteiger partial charge in [-0.15, -0.1) is 0 Å². The minimum absolute atomic E-state index is 0.121. The molecule has 4 nitrogen and oxygen atoms in total. The Balaban J connectivity index is 2.00. The van der Waals surface area contributed by atoms with Crippen molar-refractivity contribution >= 4 is 12.1 Å². The van der Waals surface area contributed by atoms with E-state index in [2.05, 4.69) is 10.5 Å². The summed E-state index contributed by atoms with van der Waals surface area (Å²) in [6, 6.07) is 15.5. The number of phenols is 1. The molecule has 0 radical (unpaired) electrons. The van der Waals surface area contributed by atoms with Crippen LogP contribution in [-0.2, 0) is 0 Å². The molecule has 0 aliphatic heterocycles. The summed E-state index contributed by atoms with van der Waals surface area (Å²) < 4.78 is 0. The Kier molecular flexibility index (Phi) is 3.71. The van der Waals surface area contributed by atoms with E-state index in [1.54, 1.807) is 48.5 Å². The van der Waals surface area contributed by atoms with Gasteiger partial charge in [-0.1, -0.05) is 30.3 Å². The van der Waals surface area contributed by atoms with Gasteiger partial charge in [-0.25, -0.2) is 5.43 Å². The largest absolute Gasteiger partial charge is 0.507 e. The van der Waals surface area contributed by atoms with E-state index < -0.39 is 0 Å². The second-order valence-corrected chi connectivity index (χ2v) is 3.62. The predicted molar refractivity (Wildman–Crippen MR) is 69.6 cm³/mol. The number of hydrogen-bond acceptors (Lipinski definition) is 3. The Morgan fingerprint density at radius 3 is 2.44 bits per heavy atom. The van der Waals surface area contributed by atoms with E-state index in [1.165, 1.54) is 6.21 Å². The molecular weight excluding hydrogens is 228 g/mol. The number of carbonyl (C=O) groups is 1. The monoisotopic (exact) mass is 240 g/mol. The van der Waals surface area contributed by atoms with Crippen LogP contribution in [0.15, 0.2) is 59.7 Å². The summed E-state index contributed by atoms with van der Waals surface area (Å²) in [5, 5.41) is 13.3. The smallest absolute Gasteiger partial charge is 0.271 e. The van der Waals surface area contributed by atoms with Crippen LogP contribution in [0.3, 0.4) is 0 Å². The van der Waals surface area contributed by atoms with Crippen molar-refractivity contribution in [1.82, 2.24) is 5.43 Å². The van der Waals surface area contributed by atoms with Crippen LogP contribution in [0.5, 0.6) is 5.75 Å². The molecule has 90 valence electrons. The van der Waals surface area contributed by atoms with Gasteiger partial charge >= 0.3 is 0 Å². The summed E-state index contributed by atoms with van der Waals surface area (Å²) >= 11 is 0. The second-order valence-electron chi connectivity index (χ2n) is 3.62. The highest BCUT2D eigenvalue weighted by atomic mass is 16.3. The molecule has 1 amide bonds. The number of hydrazone groups is 1. The Labute approximate surface area is 105 Å². The van der Waals surface area contributed by atoms with E-state index in [9.17, 15) is 9.90 Å². The number of phenolic OH excluding ortho intramolecular Hbond substituents is 1. The second kappa shape index (κ2) is 5.63. The van der Waals surface area contributed by atoms with Gasteiger partial charge in [-0.3, -0.25) is 4.79 Å². The third kappa shape index (κ3) is 2.95. The van der Waals surface area contributed by atoms with Gasteiger partial charge in [0.05, 0.1) is 6.21 Å². The molecule has 0 saturated carbocycles. The van der Waals surface area contributed by atoms with Gasteiger partial charge in [0.1, 0.15) is 5.75 Å². The van der Waals surface area contributed by atoms with Gasteiger partial charge in [0.2, 0.25) is 0 Å². The molecule has 2 rings (SSSR count). The Bertz CT molecular complexity index is 565. The fraction of sp³-hybridized carbons (Fsp3) is 0. The third-order valence-electron chi connectivity index (χ3n) is 2.34. The van der Waals surface area contributed by atoms with Crippen molar-refractivity contribution in [3.05, 3.63) is 65.7 Å². The molecule has 18 heavy (non-hydrogen) atoms. The first-order valence-electron chi connectivity index (χ1n) is 5.44. The molecule has 2 aromatic rings. The van der Waals surface area contributed by atoms with E-state index >= 15 is 0 Å². The first-order valence-corrected chi connectivity index (χ1v) is 5.44. The average molecular weight is 240 g/mol. The van der Waals surface area contributed by atoms with Gasteiger partial charge < -0.3 is 5.11 Å². The molecule has 0 saturated heterocycles. The SMILES string of the molecule is O=C(NN=Cc1ccccc1O)c1ccccc1. The van der Waals surface area contributed by atoms with Crippen LogP contribution in [0.2, 0.25) is 0 Å². The molecule has 0 spiro atoms. The first-order chi connectivity index (χ1) is 8.77. The van der Waals surface area contributed by atoms with Crippen molar-refractivity contribution in [2.75, 3.05) is 0 Å². The van der Waals surface area contributed by atoms with Gasteiger partial charge in [0, 0.05) is 11.1 Å². The summed E-state index contributed by atoms with van der Waals surface area (Å²) in [5.74, 6) is -0.169. The molecule has 0 aromatic heterocycles. The average Bonchev–Trinajstić information content (AvgIpc) is 2.42. The molecule has 0 heterocycles. The maximum absolute atomic E-state index is 11.6. The van der Waals surface area contributed by atoms with Crippen molar-refractivity contribution in [2.24, 2.45) is 5.10 Å². The highest BCUT2D eigenvalue weighted by molar-refractivity contribution is 5.95. The van der Waals surface area contributed by atoms with Crippen molar-refractivity contribution in [1.29, 1.82) is 0 Å². The number of para-hydroxylation sites is 1. The van der Waals surface area contributed by atoms with Crippen LogP contribution in [0.4, 0.5) is 0 Å². The molecular formula is C14H12N2O2. The molecule has 0 unspecified atom stereocenters. The van der Waals surface area contributed by atoms with Crippen LogP contribution in [-0.4, -0.2) is 17.2 Å². The number of aromatic hydroxyl groups is 1. The van der Waals surface area contributed by atoms with Crippen LogP contribution in [0.25, 0.3) is 0 Å². The Morgan fingerprint density at radius 2 is 1.72 bits per heavy atom. The maximum Gasteiger partial charge on any atom is 0.271 e. The molecule has 2 aromatic carbocycles. The normalized spacial score (nSPS) is 10.4. The number of nitrogens with zero attached hydrogens (tertiary/aromatic N) is 1. The standard InChI is InChI=1S/C14H12N2O2/c17-13-9-5-4-8-12(13)10-15-16-14(18)11-6-2-1-3-7-11/h1-10,17H,(H,16,18). The quantitative estimate of drug-likeness (QED) is 0.638. The molecule has 0 bridgehead atoms. The fourth-order valence-electron chi connectivity index (χ4n) is 1.41. The van der Waals surface area contributed by atoms with E-state index in [0.717, 1.165) is 0 Å². The Morgan fingerprint density at radius 1 is 1.06 bits per heavy atom. The van der Waals surface area contributed by atoms with Crippen LogP contribution >= 0.6 is 0 Å². The number of rotatable bonds is 3. The molecule has 4 heteroatoms. The highest BCUT2D eigenvalue weighted by Crippen LogP contribution is 2.12. The summed E-state index contributed by atoms with van der Waals surface area (Å²) in [6.07, 6.45) is 1.40. The van der Waals surface area contributed by atoms with Crippen molar-refractivity contribution < 1.29 is 9.90 Å². The zero-order chi connectivity index (χ0) is 12.8. The van der Waals surface area contributed by atoms with E-state index in [0.29, 0.717) is 11.1 Å². The molecule has 0 aliphatic rings. The third-order valence-corrected chi connectivity index (χ3v) is 2.34. The maximum atomic E-state index is 11.6. The predicted octanol–water partition coefficient (Wildman–Crippen LogP) is 2.16. The summed E-state index contributed by atoms with van der Waals surface area (Å²) in [7, 11) is 0. The van der Waals surface area contributed by atoms with Gasteiger partial charge in [0.25, 0.3) is 5.91 Å². The topological polar surface area (TPSA) is 61.7 Å². The van der Waals surface area contributed by atoms with Gasteiger partial charge in [0.15, 0.2) is 0 Å². The molecule has 0 aliphatic carbocycles. The van der Waals surface area contributed by atoms with Gasteiger partial charge in [-0.05, 0) is 24.3 Å². The van der Waals surface area contributed by atoms with Crippen LogP contribution in [0, 0.1) is 0 Å². The summed E-state index contributed by atoms with van der Waals surface area (Å²) in [5.41, 5.74) is 3.48. The minimum atomic E-state index is -0.290. The number of nitrogens with one attached hydrogen (secondary N) is 1. The minimum Gasteiger partial charge on any atom is -0.507 e. The lowest BCUT2D eigenvalue weighted by molar-refractivity contribution is 0.0955.